The Balaban J connectivity index is 1.44. The molecular formula is C21H29N3O3. The first-order valence-corrected chi connectivity index (χ1v) is 9.74. The van der Waals surface area contributed by atoms with E-state index in [9.17, 15) is 9.59 Å². The van der Waals surface area contributed by atoms with Crippen molar-refractivity contribution in [3.8, 4) is 0 Å². The van der Waals surface area contributed by atoms with Crippen LogP contribution in [0.1, 0.15) is 56.8 Å². The summed E-state index contributed by atoms with van der Waals surface area (Å²) in [5.41, 5.74) is 1.10. The molecule has 27 heavy (non-hydrogen) atoms. The molecule has 0 aromatic carbocycles. The van der Waals surface area contributed by atoms with Crippen LogP contribution in [0, 0.1) is 5.92 Å². The Morgan fingerprint density at radius 2 is 2.07 bits per heavy atom. The molecule has 3 rings (SSSR count). The number of likely N-dealkylation sites (tertiary alicyclic amines) is 1. The number of piperidine rings is 1. The van der Waals surface area contributed by atoms with Crippen LogP contribution in [0.2, 0.25) is 0 Å². The Kier molecular flexibility index (Phi) is 5.82. The van der Waals surface area contributed by atoms with Crippen LogP contribution in [0.3, 0.4) is 0 Å². The van der Waals surface area contributed by atoms with Crippen LogP contribution < -0.4 is 0 Å². The fraction of sp³-hybridized carbons (Fsp3) is 0.571. The van der Waals surface area contributed by atoms with Crippen LogP contribution >= 0.6 is 0 Å². The second kappa shape index (κ2) is 8.11. The second-order valence-electron chi connectivity index (χ2n) is 8.36. The first-order chi connectivity index (χ1) is 12.9. The molecular weight excluding hydrogens is 342 g/mol. The molecule has 1 fully saturated rings. The van der Waals surface area contributed by atoms with Gasteiger partial charge < -0.3 is 14.2 Å². The van der Waals surface area contributed by atoms with E-state index < -0.39 is 5.60 Å². The predicted octanol–water partition coefficient (Wildman–Crippen LogP) is 4.28. The number of pyridine rings is 1. The molecule has 0 saturated carbocycles. The molecule has 1 amide bonds. The molecule has 0 unspecified atom stereocenters. The third kappa shape index (κ3) is 5.08. The lowest BCUT2D eigenvalue weighted by molar-refractivity contribution is 0.0180. The first-order valence-electron chi connectivity index (χ1n) is 9.74. The highest BCUT2D eigenvalue weighted by atomic mass is 16.6. The van der Waals surface area contributed by atoms with Crippen molar-refractivity contribution in [1.29, 1.82) is 0 Å². The van der Waals surface area contributed by atoms with Crippen molar-refractivity contribution >= 4 is 23.4 Å². The van der Waals surface area contributed by atoms with Gasteiger partial charge in [0.15, 0.2) is 6.29 Å². The monoisotopic (exact) mass is 371 g/mol. The molecule has 1 aliphatic heterocycles. The topological polar surface area (TPSA) is 64.4 Å². The largest absolute Gasteiger partial charge is 0.444 e. The van der Waals surface area contributed by atoms with Crippen molar-refractivity contribution in [3.63, 3.8) is 0 Å². The van der Waals surface area contributed by atoms with E-state index in [0.717, 1.165) is 62.6 Å². The molecule has 1 saturated heterocycles. The molecule has 2 aromatic rings. The second-order valence-corrected chi connectivity index (χ2v) is 8.36. The van der Waals surface area contributed by atoms with Crippen molar-refractivity contribution in [2.75, 3.05) is 13.1 Å². The zero-order valence-corrected chi connectivity index (χ0v) is 16.5. The minimum absolute atomic E-state index is 0.194. The van der Waals surface area contributed by atoms with Gasteiger partial charge in [-0.05, 0) is 64.5 Å². The summed E-state index contributed by atoms with van der Waals surface area (Å²) >= 11 is 0. The van der Waals surface area contributed by atoms with Crippen LogP contribution in [0.15, 0.2) is 24.5 Å². The number of aldehydes is 1. The van der Waals surface area contributed by atoms with E-state index in [0.29, 0.717) is 11.5 Å². The molecule has 2 aromatic heterocycles. The number of carbonyl (C=O) groups is 2. The SMILES string of the molecule is CC(C)(C)OC(=O)N1CCC(CCCn2ccc3cc(C=O)cnc32)CC1. The van der Waals surface area contributed by atoms with Gasteiger partial charge in [-0.2, -0.15) is 0 Å². The van der Waals surface area contributed by atoms with E-state index in [1.807, 2.05) is 44.0 Å². The molecule has 0 atom stereocenters. The van der Waals surface area contributed by atoms with Crippen molar-refractivity contribution in [1.82, 2.24) is 14.5 Å². The molecule has 0 aliphatic carbocycles. The smallest absolute Gasteiger partial charge is 0.410 e. The fourth-order valence-corrected chi connectivity index (χ4v) is 3.62. The Morgan fingerprint density at radius 3 is 2.74 bits per heavy atom. The van der Waals surface area contributed by atoms with E-state index in [-0.39, 0.29) is 6.09 Å². The summed E-state index contributed by atoms with van der Waals surface area (Å²) in [6, 6.07) is 3.88. The number of amides is 1. The lowest BCUT2D eigenvalue weighted by Gasteiger charge is -2.33. The highest BCUT2D eigenvalue weighted by molar-refractivity contribution is 5.84. The van der Waals surface area contributed by atoms with Gasteiger partial charge in [0.2, 0.25) is 0 Å². The summed E-state index contributed by atoms with van der Waals surface area (Å²) in [5, 5.41) is 1.00. The molecule has 3 heterocycles. The van der Waals surface area contributed by atoms with Crippen LogP contribution in [-0.4, -0.2) is 45.5 Å². The molecule has 0 radical (unpaired) electrons. The number of aromatic nitrogens is 2. The number of fused-ring (bicyclic) bond motifs is 1. The van der Waals surface area contributed by atoms with E-state index in [1.54, 1.807) is 6.20 Å². The Bertz CT molecular complexity index is 799. The van der Waals surface area contributed by atoms with E-state index in [1.165, 1.54) is 0 Å². The maximum Gasteiger partial charge on any atom is 0.410 e. The van der Waals surface area contributed by atoms with Gasteiger partial charge in [-0.15, -0.1) is 0 Å². The van der Waals surface area contributed by atoms with Crippen molar-refractivity contribution in [2.45, 2.75) is 58.6 Å². The standard InChI is InChI=1S/C21H29N3O3/c1-21(2,3)27-20(26)24-10-6-16(7-11-24)5-4-9-23-12-8-18-13-17(15-25)14-22-19(18)23/h8,12-16H,4-7,9-11H2,1-3H3. The molecule has 0 bridgehead atoms. The van der Waals surface area contributed by atoms with E-state index in [4.69, 9.17) is 4.74 Å². The molecule has 6 nitrogen and oxygen atoms in total. The fourth-order valence-electron chi connectivity index (χ4n) is 3.62. The maximum atomic E-state index is 12.1. The molecule has 1 aliphatic rings. The normalized spacial score (nSPS) is 15.9. The third-order valence-electron chi connectivity index (χ3n) is 5.04. The van der Waals surface area contributed by atoms with Gasteiger partial charge in [-0.1, -0.05) is 0 Å². The van der Waals surface area contributed by atoms with Gasteiger partial charge in [-0.3, -0.25) is 4.79 Å². The zero-order chi connectivity index (χ0) is 19.4. The Hall–Kier alpha value is -2.37. The number of aryl methyl sites for hydroxylation is 1. The van der Waals surface area contributed by atoms with Gasteiger partial charge in [0, 0.05) is 43.0 Å². The van der Waals surface area contributed by atoms with Crippen LogP contribution in [0.4, 0.5) is 4.79 Å². The quantitative estimate of drug-likeness (QED) is 0.736. The van der Waals surface area contributed by atoms with Gasteiger partial charge in [-0.25, -0.2) is 9.78 Å². The Labute approximate surface area is 160 Å². The summed E-state index contributed by atoms with van der Waals surface area (Å²) in [7, 11) is 0. The average Bonchev–Trinajstić information content (AvgIpc) is 3.03. The number of ether oxygens (including phenoxy) is 1. The summed E-state index contributed by atoms with van der Waals surface area (Å²) in [5.74, 6) is 0.653. The van der Waals surface area contributed by atoms with Crippen LogP contribution in [0.25, 0.3) is 11.0 Å². The highest BCUT2D eigenvalue weighted by Gasteiger charge is 2.26. The minimum atomic E-state index is -0.437. The molecule has 146 valence electrons. The van der Waals surface area contributed by atoms with Crippen LogP contribution in [-0.2, 0) is 11.3 Å². The minimum Gasteiger partial charge on any atom is -0.444 e. The van der Waals surface area contributed by atoms with Gasteiger partial charge in [0.1, 0.15) is 11.2 Å². The van der Waals surface area contributed by atoms with Gasteiger partial charge >= 0.3 is 6.09 Å². The lowest BCUT2D eigenvalue weighted by atomic mass is 9.92. The van der Waals surface area contributed by atoms with Gasteiger partial charge in [0.05, 0.1) is 0 Å². The molecule has 6 heteroatoms. The molecule has 0 N–H and O–H groups in total. The zero-order valence-electron chi connectivity index (χ0n) is 16.5. The van der Waals surface area contributed by atoms with Crippen LogP contribution in [0.5, 0.6) is 0 Å². The van der Waals surface area contributed by atoms with Gasteiger partial charge in [0.25, 0.3) is 0 Å². The predicted molar refractivity (Wildman–Crippen MR) is 105 cm³/mol. The average molecular weight is 371 g/mol. The molecule has 0 spiro atoms. The van der Waals surface area contributed by atoms with E-state index in [2.05, 4.69) is 9.55 Å². The highest BCUT2D eigenvalue weighted by Crippen LogP contribution is 2.24. The third-order valence-corrected chi connectivity index (χ3v) is 5.04. The summed E-state index contributed by atoms with van der Waals surface area (Å²) < 4.78 is 7.61. The lowest BCUT2D eigenvalue weighted by Crippen LogP contribution is -2.41. The summed E-state index contributed by atoms with van der Waals surface area (Å²) in [6.45, 7) is 8.18. The number of hydrogen-bond donors (Lipinski definition) is 0. The number of carbonyl (C=O) groups excluding carboxylic acids is 2. The summed E-state index contributed by atoms with van der Waals surface area (Å²) in [6.07, 6.45) is 8.59. The number of rotatable bonds is 5. The Morgan fingerprint density at radius 1 is 1.33 bits per heavy atom. The number of hydrogen-bond acceptors (Lipinski definition) is 4. The first kappa shape index (κ1) is 19.4. The summed E-state index contributed by atoms with van der Waals surface area (Å²) in [4.78, 5) is 29.2. The maximum absolute atomic E-state index is 12.1. The van der Waals surface area contributed by atoms with E-state index >= 15 is 0 Å². The van der Waals surface area contributed by atoms with Crippen molar-refractivity contribution in [3.05, 3.63) is 30.1 Å². The number of nitrogens with zero attached hydrogens (tertiary/aromatic N) is 3. The van der Waals surface area contributed by atoms with Crippen molar-refractivity contribution in [2.24, 2.45) is 5.92 Å². The van der Waals surface area contributed by atoms with Crippen molar-refractivity contribution < 1.29 is 14.3 Å².